The van der Waals surface area contributed by atoms with Gasteiger partial charge in [0, 0.05) is 16.1 Å². The van der Waals surface area contributed by atoms with Crippen LogP contribution >= 0.6 is 23.1 Å². The monoisotopic (exact) mass is 684 g/mol. The third kappa shape index (κ3) is 8.43. The summed E-state index contributed by atoms with van der Waals surface area (Å²) in [5.74, 6) is 0.737. The Hall–Kier alpha value is -5.53. The molecule has 3 N–H and O–H groups in total. The Morgan fingerprint density at radius 1 is 0.812 bits per heavy atom. The third-order valence-corrected chi connectivity index (χ3v) is 8.76. The fourth-order valence-corrected chi connectivity index (χ4v) is 6.21. The van der Waals surface area contributed by atoms with Crippen LogP contribution in [0.3, 0.4) is 0 Å². The SMILES string of the molecule is COc1ccc2nc(NC(=O)CSc3cccc(NC(=O)/C(=C\c4cc(OC)c(OC)c(OC)c4)NC(=O)c4ccccc4)c3)sc2c1. The van der Waals surface area contributed by atoms with E-state index in [4.69, 9.17) is 18.9 Å². The minimum absolute atomic E-state index is 0.0241. The van der Waals surface area contributed by atoms with E-state index in [0.717, 1.165) is 15.1 Å². The van der Waals surface area contributed by atoms with Gasteiger partial charge in [0.1, 0.15) is 11.4 Å². The zero-order valence-corrected chi connectivity index (χ0v) is 28.1. The summed E-state index contributed by atoms with van der Waals surface area (Å²) in [4.78, 5) is 44.7. The number of methoxy groups -OCH3 is 4. The highest BCUT2D eigenvalue weighted by Gasteiger charge is 2.18. The number of carbonyl (C=O) groups is 3. The van der Waals surface area contributed by atoms with Crippen LogP contribution in [-0.2, 0) is 9.59 Å². The van der Waals surface area contributed by atoms with E-state index in [-0.39, 0.29) is 17.4 Å². The molecule has 5 rings (SSSR count). The molecule has 48 heavy (non-hydrogen) atoms. The Morgan fingerprint density at radius 2 is 1.56 bits per heavy atom. The van der Waals surface area contributed by atoms with Crippen molar-refractivity contribution in [3.8, 4) is 23.0 Å². The minimum atomic E-state index is -0.569. The summed E-state index contributed by atoms with van der Waals surface area (Å²) in [5, 5.41) is 8.91. The zero-order chi connectivity index (χ0) is 34.0. The summed E-state index contributed by atoms with van der Waals surface area (Å²) in [5.41, 5.74) is 2.11. The largest absolute Gasteiger partial charge is 0.497 e. The topological polar surface area (TPSA) is 137 Å². The molecule has 0 fully saturated rings. The first-order valence-corrected chi connectivity index (χ1v) is 16.3. The standard InChI is InChI=1S/C35H32N4O7S2/c1-43-24-13-14-26-30(19-24)48-35(38-26)39-31(40)20-47-25-12-8-11-23(18-25)36-34(42)27(37-33(41)22-9-6-5-7-10-22)15-21-16-28(44-2)32(46-4)29(17-21)45-3/h5-19H,20H2,1-4H3,(H,36,42)(H,37,41)(H,38,39,40)/b27-15+. The van der Waals surface area contributed by atoms with Crippen LogP contribution in [-0.4, -0.2) is 56.9 Å². The van der Waals surface area contributed by atoms with Crippen molar-refractivity contribution in [3.63, 3.8) is 0 Å². The van der Waals surface area contributed by atoms with Gasteiger partial charge in [0.2, 0.25) is 11.7 Å². The second-order valence-electron chi connectivity index (χ2n) is 10.0. The summed E-state index contributed by atoms with van der Waals surface area (Å²) in [6.07, 6.45) is 1.52. The van der Waals surface area contributed by atoms with Crippen molar-refractivity contribution < 1.29 is 33.3 Å². The average Bonchev–Trinajstić information content (AvgIpc) is 3.51. The molecule has 0 saturated carbocycles. The molecule has 0 aliphatic carbocycles. The molecule has 1 aromatic heterocycles. The van der Waals surface area contributed by atoms with Crippen LogP contribution in [0.25, 0.3) is 16.3 Å². The van der Waals surface area contributed by atoms with Gasteiger partial charge in [-0.05, 0) is 72.3 Å². The predicted octanol–water partition coefficient (Wildman–Crippen LogP) is 6.47. The molecule has 11 nitrogen and oxygen atoms in total. The van der Waals surface area contributed by atoms with Gasteiger partial charge in [0.15, 0.2) is 16.6 Å². The molecule has 0 aliphatic rings. The van der Waals surface area contributed by atoms with Crippen LogP contribution in [0.5, 0.6) is 23.0 Å². The van der Waals surface area contributed by atoms with Crippen molar-refractivity contribution in [2.45, 2.75) is 4.90 Å². The lowest BCUT2D eigenvalue weighted by atomic mass is 10.1. The van der Waals surface area contributed by atoms with Crippen molar-refractivity contribution in [1.82, 2.24) is 10.3 Å². The Bertz CT molecular complexity index is 1950. The molecule has 0 spiro atoms. The van der Waals surface area contributed by atoms with E-state index in [1.807, 2.05) is 24.3 Å². The van der Waals surface area contributed by atoms with Crippen molar-refractivity contribution in [2.75, 3.05) is 44.8 Å². The number of nitrogens with one attached hydrogen (secondary N) is 3. The first kappa shape index (κ1) is 33.8. The lowest BCUT2D eigenvalue weighted by molar-refractivity contribution is -0.114. The van der Waals surface area contributed by atoms with Crippen LogP contribution in [0.15, 0.2) is 95.5 Å². The zero-order valence-electron chi connectivity index (χ0n) is 26.5. The third-order valence-electron chi connectivity index (χ3n) is 6.83. The normalized spacial score (nSPS) is 11.0. The van der Waals surface area contributed by atoms with Gasteiger partial charge in [-0.15, -0.1) is 11.8 Å². The summed E-state index contributed by atoms with van der Waals surface area (Å²) in [6, 6.07) is 24.5. The highest BCUT2D eigenvalue weighted by molar-refractivity contribution is 8.00. The number of amides is 3. The molecule has 0 radical (unpaired) electrons. The van der Waals surface area contributed by atoms with Crippen molar-refractivity contribution in [1.29, 1.82) is 0 Å². The summed E-state index contributed by atoms with van der Waals surface area (Å²) >= 11 is 2.66. The highest BCUT2D eigenvalue weighted by Crippen LogP contribution is 2.39. The van der Waals surface area contributed by atoms with E-state index < -0.39 is 11.8 Å². The number of ether oxygens (including phenoxy) is 4. The fraction of sp³-hybridized carbons (Fsp3) is 0.143. The fourth-order valence-electron chi connectivity index (χ4n) is 4.55. The lowest BCUT2D eigenvalue weighted by Crippen LogP contribution is -2.30. The van der Waals surface area contributed by atoms with Crippen molar-refractivity contribution in [3.05, 3.63) is 102 Å². The number of hydrogen-bond acceptors (Lipinski definition) is 10. The number of fused-ring (bicyclic) bond motifs is 1. The molecule has 5 aromatic rings. The van der Waals surface area contributed by atoms with Crippen LogP contribution in [0, 0.1) is 0 Å². The summed E-state index contributed by atoms with van der Waals surface area (Å²) < 4.78 is 22.5. The van der Waals surface area contributed by atoms with Crippen molar-refractivity contribution in [2.24, 2.45) is 0 Å². The second-order valence-corrected chi connectivity index (χ2v) is 12.1. The molecule has 1 heterocycles. The molecule has 0 saturated heterocycles. The van der Waals surface area contributed by atoms with Gasteiger partial charge in [-0.2, -0.15) is 0 Å². The second kappa shape index (κ2) is 15.8. The van der Waals surface area contributed by atoms with Gasteiger partial charge in [0.25, 0.3) is 11.8 Å². The Morgan fingerprint density at radius 3 is 2.25 bits per heavy atom. The quantitative estimate of drug-likeness (QED) is 0.0941. The summed E-state index contributed by atoms with van der Waals surface area (Å²) in [6.45, 7) is 0. The molecular formula is C35H32N4O7S2. The van der Waals surface area contributed by atoms with Crippen LogP contribution in [0.2, 0.25) is 0 Å². The van der Waals surface area contributed by atoms with Gasteiger partial charge in [0.05, 0.1) is 44.4 Å². The maximum absolute atomic E-state index is 13.6. The highest BCUT2D eigenvalue weighted by atomic mass is 32.2. The van der Waals surface area contributed by atoms with Crippen molar-refractivity contribution >= 4 is 67.9 Å². The van der Waals surface area contributed by atoms with Crippen LogP contribution in [0.1, 0.15) is 15.9 Å². The van der Waals surface area contributed by atoms with E-state index in [9.17, 15) is 14.4 Å². The maximum atomic E-state index is 13.6. The molecule has 246 valence electrons. The number of anilines is 2. The summed E-state index contributed by atoms with van der Waals surface area (Å²) in [7, 11) is 6.07. The number of hydrogen-bond donors (Lipinski definition) is 3. The molecule has 0 aliphatic heterocycles. The Labute approximate surface area is 285 Å². The van der Waals surface area contributed by atoms with Gasteiger partial charge < -0.3 is 34.9 Å². The van der Waals surface area contributed by atoms with Crippen LogP contribution < -0.4 is 34.9 Å². The van der Waals surface area contributed by atoms with E-state index in [1.54, 1.807) is 67.8 Å². The van der Waals surface area contributed by atoms with E-state index in [2.05, 4.69) is 20.9 Å². The van der Waals surface area contributed by atoms with Crippen LogP contribution in [0.4, 0.5) is 10.8 Å². The number of nitrogens with zero attached hydrogens (tertiary/aromatic N) is 1. The van der Waals surface area contributed by atoms with E-state index in [0.29, 0.717) is 44.9 Å². The number of benzene rings is 4. The van der Waals surface area contributed by atoms with Gasteiger partial charge in [-0.1, -0.05) is 35.6 Å². The molecule has 0 unspecified atom stereocenters. The number of rotatable bonds is 13. The predicted molar refractivity (Wildman–Crippen MR) is 189 cm³/mol. The average molecular weight is 685 g/mol. The van der Waals surface area contributed by atoms with Gasteiger partial charge in [-0.3, -0.25) is 14.4 Å². The molecule has 13 heteroatoms. The minimum Gasteiger partial charge on any atom is -0.497 e. The first-order valence-electron chi connectivity index (χ1n) is 14.5. The Balaban J connectivity index is 1.31. The first-order chi connectivity index (χ1) is 23.3. The Kier molecular flexibility index (Phi) is 11.2. The molecule has 0 bridgehead atoms. The van der Waals surface area contributed by atoms with E-state index in [1.165, 1.54) is 50.5 Å². The smallest absolute Gasteiger partial charge is 0.272 e. The number of thioether (sulfide) groups is 1. The molecular weight excluding hydrogens is 653 g/mol. The number of carbonyl (C=O) groups excluding carboxylic acids is 3. The maximum Gasteiger partial charge on any atom is 0.272 e. The van der Waals surface area contributed by atoms with Gasteiger partial charge >= 0.3 is 0 Å². The molecule has 4 aromatic carbocycles. The van der Waals surface area contributed by atoms with Gasteiger partial charge in [-0.25, -0.2) is 4.98 Å². The molecule has 0 atom stereocenters. The lowest BCUT2D eigenvalue weighted by Gasteiger charge is -2.15. The molecule has 3 amide bonds. The number of thiazole rings is 1. The number of aromatic nitrogens is 1. The van der Waals surface area contributed by atoms with E-state index >= 15 is 0 Å².